The minimum absolute atomic E-state index is 0.246. The van der Waals surface area contributed by atoms with Crippen molar-refractivity contribution >= 4 is 33.4 Å². The van der Waals surface area contributed by atoms with Crippen LogP contribution in [-0.4, -0.2) is 37.1 Å². The Morgan fingerprint density at radius 3 is 2.32 bits per heavy atom. The van der Waals surface area contributed by atoms with Crippen LogP contribution >= 0.6 is 11.6 Å². The number of sulfonamides is 1. The standard InChI is InChI=1S/C12H13ClF3N3O5S/c1-11(22,12(14,15)16)5-9(20)18-19-10(21)6-2-3-7(13)8(4-6)25(17,23)24/h2-4,22H,5H2,1H3,(H,18,20)(H,19,21)(H2,17,23,24)/t11-/m0/s1. The lowest BCUT2D eigenvalue weighted by Crippen LogP contribution is -2.49. The number of alkyl halides is 3. The molecule has 0 aromatic heterocycles. The largest absolute Gasteiger partial charge is 0.417 e. The minimum Gasteiger partial charge on any atom is -0.380 e. The Kier molecular flexibility index (Phi) is 6.05. The number of nitrogens with one attached hydrogen (secondary N) is 2. The lowest BCUT2D eigenvalue weighted by atomic mass is 10.0. The second-order valence-corrected chi connectivity index (χ2v) is 7.08. The van der Waals surface area contributed by atoms with Crippen LogP contribution in [0.25, 0.3) is 0 Å². The molecule has 0 aliphatic rings. The van der Waals surface area contributed by atoms with Gasteiger partial charge >= 0.3 is 6.18 Å². The van der Waals surface area contributed by atoms with Crippen molar-refractivity contribution in [3.05, 3.63) is 28.8 Å². The van der Waals surface area contributed by atoms with E-state index in [1.54, 1.807) is 10.9 Å². The van der Waals surface area contributed by atoms with Gasteiger partial charge in [-0.25, -0.2) is 13.6 Å². The first kappa shape index (κ1) is 21.2. The molecule has 1 atom stereocenters. The number of nitrogens with two attached hydrogens (primary N) is 1. The van der Waals surface area contributed by atoms with Crippen LogP contribution < -0.4 is 16.0 Å². The van der Waals surface area contributed by atoms with Crippen LogP contribution in [0.2, 0.25) is 5.02 Å². The van der Waals surface area contributed by atoms with E-state index in [2.05, 4.69) is 0 Å². The van der Waals surface area contributed by atoms with Gasteiger partial charge in [0.25, 0.3) is 5.91 Å². The van der Waals surface area contributed by atoms with Gasteiger partial charge in [-0.3, -0.25) is 20.4 Å². The molecule has 0 fully saturated rings. The number of aliphatic hydroxyl groups is 1. The zero-order valence-corrected chi connectivity index (χ0v) is 14.1. The summed E-state index contributed by atoms with van der Waals surface area (Å²) in [6.07, 6.45) is -6.41. The first-order valence-electron chi connectivity index (χ1n) is 6.36. The van der Waals surface area contributed by atoms with Gasteiger partial charge in [-0.1, -0.05) is 11.6 Å². The molecule has 0 bridgehead atoms. The van der Waals surface area contributed by atoms with Crippen molar-refractivity contribution in [2.75, 3.05) is 0 Å². The van der Waals surface area contributed by atoms with Gasteiger partial charge in [0.05, 0.1) is 11.4 Å². The lowest BCUT2D eigenvalue weighted by molar-refractivity contribution is -0.253. The maximum atomic E-state index is 12.5. The number of halogens is 4. The molecular formula is C12H13ClF3N3O5S. The molecule has 0 saturated heterocycles. The normalized spacial score (nSPS) is 14.5. The molecule has 1 aromatic rings. The number of hydrogen-bond acceptors (Lipinski definition) is 5. The number of hydrazine groups is 1. The molecule has 2 amide bonds. The molecule has 1 rings (SSSR count). The van der Waals surface area contributed by atoms with E-state index in [0.29, 0.717) is 6.92 Å². The second-order valence-electron chi connectivity index (χ2n) is 5.14. The molecule has 5 N–H and O–H groups in total. The highest BCUT2D eigenvalue weighted by atomic mass is 35.5. The first-order valence-corrected chi connectivity index (χ1v) is 8.28. The number of hydrogen-bond donors (Lipinski definition) is 4. The zero-order chi connectivity index (χ0) is 19.6. The molecule has 0 aliphatic carbocycles. The summed E-state index contributed by atoms with van der Waals surface area (Å²) in [6, 6.07) is 2.99. The van der Waals surface area contributed by atoms with Crippen molar-refractivity contribution in [3.63, 3.8) is 0 Å². The van der Waals surface area contributed by atoms with E-state index in [1.165, 1.54) is 0 Å². The van der Waals surface area contributed by atoms with Crippen LogP contribution in [0.4, 0.5) is 13.2 Å². The van der Waals surface area contributed by atoms with E-state index in [0.717, 1.165) is 18.2 Å². The Balaban J connectivity index is 2.80. The highest BCUT2D eigenvalue weighted by Gasteiger charge is 2.51. The second kappa shape index (κ2) is 7.15. The lowest BCUT2D eigenvalue weighted by Gasteiger charge is -2.25. The number of primary sulfonamides is 1. The summed E-state index contributed by atoms with van der Waals surface area (Å²) < 4.78 is 60.0. The molecule has 0 heterocycles. The van der Waals surface area contributed by atoms with Crippen LogP contribution in [0.15, 0.2) is 23.1 Å². The van der Waals surface area contributed by atoms with Gasteiger partial charge in [-0.15, -0.1) is 0 Å². The van der Waals surface area contributed by atoms with Crippen LogP contribution in [0.5, 0.6) is 0 Å². The molecular weight excluding hydrogens is 391 g/mol. The maximum absolute atomic E-state index is 12.5. The smallest absolute Gasteiger partial charge is 0.380 e. The van der Waals surface area contributed by atoms with E-state index < -0.39 is 44.9 Å². The molecule has 140 valence electrons. The van der Waals surface area contributed by atoms with Gasteiger partial charge in [-0.2, -0.15) is 13.2 Å². The third-order valence-corrected chi connectivity index (χ3v) is 4.32. The third-order valence-electron chi connectivity index (χ3n) is 2.93. The molecule has 1 aromatic carbocycles. The summed E-state index contributed by atoms with van der Waals surface area (Å²) in [5.41, 5.74) is -0.125. The van der Waals surface area contributed by atoms with E-state index in [4.69, 9.17) is 21.8 Å². The van der Waals surface area contributed by atoms with E-state index >= 15 is 0 Å². The Hall–Kier alpha value is -1.89. The monoisotopic (exact) mass is 403 g/mol. The van der Waals surface area contributed by atoms with Crippen molar-refractivity contribution in [1.82, 2.24) is 10.9 Å². The summed E-state index contributed by atoms with van der Waals surface area (Å²) in [5, 5.41) is 13.8. The summed E-state index contributed by atoms with van der Waals surface area (Å²) in [5.74, 6) is -2.36. The summed E-state index contributed by atoms with van der Waals surface area (Å²) in [4.78, 5) is 22.7. The van der Waals surface area contributed by atoms with Gasteiger partial charge < -0.3 is 5.11 Å². The fraction of sp³-hybridized carbons (Fsp3) is 0.333. The number of amides is 2. The van der Waals surface area contributed by atoms with Gasteiger partial charge in [0.2, 0.25) is 15.9 Å². The average molecular weight is 404 g/mol. The summed E-state index contributed by atoms with van der Waals surface area (Å²) >= 11 is 5.63. The predicted molar refractivity (Wildman–Crippen MR) is 79.7 cm³/mol. The number of carbonyl (C=O) groups excluding carboxylic acids is 2. The van der Waals surface area contributed by atoms with Crippen molar-refractivity contribution < 1.29 is 36.3 Å². The third kappa shape index (κ3) is 5.56. The Morgan fingerprint density at radius 2 is 1.84 bits per heavy atom. The highest BCUT2D eigenvalue weighted by molar-refractivity contribution is 7.89. The van der Waals surface area contributed by atoms with Gasteiger partial charge in [0.15, 0.2) is 5.60 Å². The molecule has 8 nitrogen and oxygen atoms in total. The van der Waals surface area contributed by atoms with Crippen molar-refractivity contribution in [2.24, 2.45) is 5.14 Å². The SMILES string of the molecule is C[C@](O)(CC(=O)NNC(=O)c1ccc(Cl)c(S(N)(=O)=O)c1)C(F)(F)F. The average Bonchev–Trinajstić information content (AvgIpc) is 2.42. The highest BCUT2D eigenvalue weighted by Crippen LogP contribution is 2.32. The Labute approximate surface area is 145 Å². The fourth-order valence-electron chi connectivity index (χ4n) is 1.52. The Bertz CT molecular complexity index is 796. The molecule has 0 unspecified atom stereocenters. The minimum atomic E-state index is -5.05. The topological polar surface area (TPSA) is 139 Å². The molecule has 0 aliphatic heterocycles. The molecule has 0 saturated carbocycles. The Morgan fingerprint density at radius 1 is 1.28 bits per heavy atom. The quantitative estimate of drug-likeness (QED) is 0.541. The van der Waals surface area contributed by atoms with Crippen molar-refractivity contribution in [1.29, 1.82) is 0 Å². The predicted octanol–water partition coefficient (Wildman–Crippen LogP) is 0.452. The molecule has 25 heavy (non-hydrogen) atoms. The van der Waals surface area contributed by atoms with Gasteiger partial charge in [-0.05, 0) is 25.1 Å². The van der Waals surface area contributed by atoms with Crippen molar-refractivity contribution in [3.8, 4) is 0 Å². The zero-order valence-electron chi connectivity index (χ0n) is 12.5. The molecule has 13 heteroatoms. The number of carbonyl (C=O) groups is 2. The van der Waals surface area contributed by atoms with E-state index in [9.17, 15) is 31.2 Å². The summed E-state index contributed by atoms with van der Waals surface area (Å²) in [6.45, 7) is 0.395. The maximum Gasteiger partial charge on any atom is 0.417 e. The fourth-order valence-corrected chi connectivity index (χ4v) is 2.59. The first-order chi connectivity index (χ1) is 11.1. The summed E-state index contributed by atoms with van der Waals surface area (Å²) in [7, 11) is -4.22. The number of benzene rings is 1. The van der Waals surface area contributed by atoms with Crippen LogP contribution in [0.3, 0.4) is 0 Å². The van der Waals surface area contributed by atoms with Crippen LogP contribution in [-0.2, 0) is 14.8 Å². The van der Waals surface area contributed by atoms with Crippen molar-refractivity contribution in [2.45, 2.75) is 30.0 Å². The molecule has 0 spiro atoms. The molecule has 0 radical (unpaired) electrons. The van der Waals surface area contributed by atoms with E-state index in [-0.39, 0.29) is 10.6 Å². The van der Waals surface area contributed by atoms with Crippen LogP contribution in [0, 0.1) is 0 Å². The van der Waals surface area contributed by atoms with E-state index in [1.807, 2.05) is 0 Å². The van der Waals surface area contributed by atoms with Crippen LogP contribution in [0.1, 0.15) is 23.7 Å². The van der Waals surface area contributed by atoms with Gasteiger partial charge in [0.1, 0.15) is 4.90 Å². The van der Waals surface area contributed by atoms with Gasteiger partial charge in [0, 0.05) is 5.56 Å². The number of rotatable bonds is 4.